The van der Waals surface area contributed by atoms with Gasteiger partial charge in [0.25, 0.3) is 5.79 Å². The maximum absolute atomic E-state index is 15.3. The van der Waals surface area contributed by atoms with Crippen molar-refractivity contribution in [3.63, 3.8) is 0 Å². The van der Waals surface area contributed by atoms with E-state index in [9.17, 15) is 4.79 Å². The van der Waals surface area contributed by atoms with Crippen LogP contribution >= 0.6 is 0 Å². The summed E-state index contributed by atoms with van der Waals surface area (Å²) >= 11 is 0. The fraction of sp³-hybridized carbons (Fsp3) is 0.619. The molecule has 1 spiro atoms. The minimum atomic E-state index is -2.48. The molecule has 13 atom stereocenters. The SMILES string of the molecule is CC[Si](CC)(CC)O[C@H]1C[C@@H](O[Si](CC)(CC)CC)[C@@]2(C(=O)OC)CO[C@H]3C(OCC#C[C@@H]4C[C@H](OCc5ccc(OC)cc5)[C@@]5(OCc6ccccc6)C[C@@H](OC)O[C@H]5O4)=C(C)[C@@H]4[C@@](OCc5ccccc5)(C(=O)OC)OC[C@@]14[C@@H]32. The van der Waals surface area contributed by atoms with Crippen LogP contribution in [0.5, 0.6) is 5.75 Å². The minimum Gasteiger partial charge on any atom is -0.497 e. The molecule has 4 aliphatic heterocycles. The zero-order valence-electron chi connectivity index (χ0n) is 49.4. The number of esters is 2. The quantitative estimate of drug-likeness (QED) is 0.0447. The molecule has 0 amide bonds. The number of benzene rings is 3. The monoisotopic (exact) mass is 1150 g/mol. The van der Waals surface area contributed by atoms with Gasteiger partial charge in [-0.15, -0.1) is 0 Å². The first-order valence-corrected chi connectivity index (χ1v) is 34.3. The molecule has 18 heteroatoms. The van der Waals surface area contributed by atoms with Crippen molar-refractivity contribution in [3.05, 3.63) is 113 Å². The average Bonchev–Trinajstić information content (AvgIpc) is 4.38. The minimum absolute atomic E-state index is 0.00336. The number of ether oxygens (including phenoxy) is 12. The van der Waals surface area contributed by atoms with Gasteiger partial charge in [-0.05, 0) is 84.0 Å². The van der Waals surface area contributed by atoms with Crippen molar-refractivity contribution < 1.29 is 75.3 Å². The highest BCUT2D eigenvalue weighted by molar-refractivity contribution is 6.74. The van der Waals surface area contributed by atoms with E-state index in [2.05, 4.69) is 53.4 Å². The standard InChI is InChI=1S/C63H86O16Si2/c1-12-80(13-2,14-3)78-49-36-50(79-81(15-4,16-5)17-6)61(57(64)68-10)41-72-54-53(43(7)55-60(49,56(54)61)42-75-63(55,58(65)69-11)74-40-45-27-22-19-23-28-45)70-34-24-29-48-35-51(71-38-46-30-32-47(66-8)33-31-46)62(37-52(67-9)77-59(62)76-48)73-39-44-25-20-18-21-26-44/h18-23,25-28,30-33,48-52,54-56,59H,12-17,34-42H2,1-11H3/t48-,49+,50-,51+,52+,54+,55+,56-,59-,60-,61+,62+,63+/m1/s1. The number of carbonyl (C=O) groups is 2. The van der Waals surface area contributed by atoms with E-state index in [0.717, 1.165) is 58.7 Å². The Hall–Kier alpha value is -4.47. The van der Waals surface area contributed by atoms with Crippen LogP contribution in [0.3, 0.4) is 0 Å². The molecule has 0 radical (unpaired) electrons. The highest BCUT2D eigenvalue weighted by Crippen LogP contribution is 2.71. The molecule has 0 N–H and O–H groups in total. The third-order valence-corrected chi connectivity index (χ3v) is 28.6. The van der Waals surface area contributed by atoms with Gasteiger partial charge in [0.2, 0.25) is 0 Å². The lowest BCUT2D eigenvalue weighted by Crippen LogP contribution is -2.72. The Balaban J connectivity index is 1.12. The molecule has 4 saturated heterocycles. The van der Waals surface area contributed by atoms with Gasteiger partial charge in [0, 0.05) is 31.3 Å². The fourth-order valence-corrected chi connectivity index (χ4v) is 20.2. The summed E-state index contributed by atoms with van der Waals surface area (Å²) in [6, 6.07) is 32.6. The second-order valence-electron chi connectivity index (χ2n) is 22.7. The molecule has 6 aliphatic rings. The predicted octanol–water partition coefficient (Wildman–Crippen LogP) is 10.4. The van der Waals surface area contributed by atoms with Gasteiger partial charge in [-0.3, -0.25) is 4.79 Å². The average molecular weight is 1160 g/mol. The summed E-state index contributed by atoms with van der Waals surface area (Å²) in [7, 11) is 1.09. The zero-order valence-corrected chi connectivity index (χ0v) is 51.4. The molecular formula is C63H86O16Si2. The first kappa shape index (κ1) is 61.1. The van der Waals surface area contributed by atoms with E-state index in [-0.39, 0.29) is 33.0 Å². The first-order valence-electron chi connectivity index (χ1n) is 29.3. The predicted molar refractivity (Wildman–Crippen MR) is 306 cm³/mol. The molecule has 16 nitrogen and oxygen atoms in total. The smallest absolute Gasteiger partial charge is 0.367 e. The van der Waals surface area contributed by atoms with Gasteiger partial charge in [-0.2, -0.15) is 0 Å². The number of carbonyl (C=O) groups excluding carboxylic acids is 2. The van der Waals surface area contributed by atoms with Crippen molar-refractivity contribution in [1.29, 1.82) is 0 Å². The molecule has 81 heavy (non-hydrogen) atoms. The van der Waals surface area contributed by atoms with Gasteiger partial charge in [-0.1, -0.05) is 126 Å². The number of rotatable bonds is 25. The molecule has 9 rings (SSSR count). The second kappa shape index (κ2) is 25.8. The summed E-state index contributed by atoms with van der Waals surface area (Å²) < 4.78 is 93.4. The largest absolute Gasteiger partial charge is 0.497 e. The normalized spacial score (nSPS) is 32.3. The lowest BCUT2D eigenvalue weighted by atomic mass is 9.45. The Morgan fingerprint density at radius 3 is 1.84 bits per heavy atom. The first-order chi connectivity index (χ1) is 39.2. The Morgan fingerprint density at radius 2 is 1.26 bits per heavy atom. The van der Waals surface area contributed by atoms with Crippen molar-refractivity contribution in [3.8, 4) is 17.6 Å². The van der Waals surface area contributed by atoms with Crippen molar-refractivity contribution in [2.24, 2.45) is 22.7 Å². The van der Waals surface area contributed by atoms with Crippen LogP contribution in [0.2, 0.25) is 36.3 Å². The molecule has 4 heterocycles. The summed E-state index contributed by atoms with van der Waals surface area (Å²) in [6.45, 7) is 15.6. The summed E-state index contributed by atoms with van der Waals surface area (Å²) in [5.41, 5.74) is -0.0827. The van der Waals surface area contributed by atoms with E-state index in [0.29, 0.717) is 37.2 Å². The van der Waals surface area contributed by atoms with E-state index < -0.39 is 106 Å². The van der Waals surface area contributed by atoms with Gasteiger partial charge in [0.1, 0.15) is 35.7 Å². The third kappa shape index (κ3) is 11.1. The topological polar surface area (TPSA) is 163 Å². The van der Waals surface area contributed by atoms with E-state index in [1.807, 2.05) is 91.9 Å². The summed E-state index contributed by atoms with van der Waals surface area (Å²) in [4.78, 5) is 30.3. The van der Waals surface area contributed by atoms with E-state index in [4.69, 9.17) is 65.7 Å². The molecule has 1 saturated carbocycles. The van der Waals surface area contributed by atoms with Gasteiger partial charge in [0.15, 0.2) is 34.8 Å². The maximum Gasteiger partial charge on any atom is 0.367 e. The lowest BCUT2D eigenvalue weighted by Gasteiger charge is -2.61. The number of methoxy groups -OCH3 is 4. The van der Waals surface area contributed by atoms with E-state index in [1.165, 1.54) is 14.2 Å². The summed E-state index contributed by atoms with van der Waals surface area (Å²) in [5, 5.41) is 0. The van der Waals surface area contributed by atoms with Gasteiger partial charge >= 0.3 is 11.9 Å². The number of fused-ring (bicyclic) bond motifs is 1. The molecular weight excluding hydrogens is 1070 g/mol. The Morgan fingerprint density at radius 1 is 0.667 bits per heavy atom. The molecule has 3 aromatic carbocycles. The Labute approximate surface area is 481 Å². The van der Waals surface area contributed by atoms with Crippen molar-refractivity contribution in [1.82, 2.24) is 0 Å². The summed E-state index contributed by atoms with van der Waals surface area (Å²) in [5.74, 6) is 3.05. The van der Waals surface area contributed by atoms with Crippen LogP contribution in [0.4, 0.5) is 0 Å². The highest BCUT2D eigenvalue weighted by Gasteiger charge is 2.82. The van der Waals surface area contributed by atoms with Crippen LogP contribution in [-0.2, 0) is 90.4 Å². The van der Waals surface area contributed by atoms with E-state index >= 15 is 4.79 Å². The van der Waals surface area contributed by atoms with Crippen LogP contribution in [0, 0.1) is 34.5 Å². The van der Waals surface area contributed by atoms with Crippen LogP contribution in [-0.4, -0.2) is 131 Å². The van der Waals surface area contributed by atoms with Crippen LogP contribution in [0.1, 0.15) is 84.4 Å². The van der Waals surface area contributed by atoms with Crippen LogP contribution in [0.15, 0.2) is 96.3 Å². The fourth-order valence-electron chi connectivity index (χ4n) is 14.4. The second-order valence-corrected chi connectivity index (χ2v) is 32.1. The number of hydrogen-bond donors (Lipinski definition) is 0. The molecule has 442 valence electrons. The zero-order chi connectivity index (χ0) is 57.6. The molecule has 0 aromatic heterocycles. The van der Waals surface area contributed by atoms with Crippen molar-refractivity contribution in [2.45, 2.75) is 178 Å². The van der Waals surface area contributed by atoms with E-state index in [1.54, 1.807) is 14.2 Å². The van der Waals surface area contributed by atoms with Gasteiger partial charge in [0.05, 0.1) is 78.6 Å². The highest BCUT2D eigenvalue weighted by atomic mass is 28.4. The Bertz CT molecular complexity index is 2680. The lowest BCUT2D eigenvalue weighted by molar-refractivity contribution is -0.303. The number of hydrogen-bond acceptors (Lipinski definition) is 16. The molecule has 5 fully saturated rings. The van der Waals surface area contributed by atoms with Crippen LogP contribution in [0.25, 0.3) is 0 Å². The Kier molecular flexibility index (Phi) is 19.5. The molecule has 2 aliphatic carbocycles. The third-order valence-electron chi connectivity index (χ3n) is 19.3. The molecule has 3 aromatic rings. The van der Waals surface area contributed by atoms with Crippen molar-refractivity contribution >= 4 is 28.6 Å². The van der Waals surface area contributed by atoms with Crippen LogP contribution < -0.4 is 4.74 Å². The van der Waals surface area contributed by atoms with Gasteiger partial charge in [-0.25, -0.2) is 4.79 Å². The maximum atomic E-state index is 15.3. The molecule has 0 bridgehead atoms. The summed E-state index contributed by atoms with van der Waals surface area (Å²) in [6.07, 6.45) is -3.70. The molecule has 0 unspecified atom stereocenters. The van der Waals surface area contributed by atoms with Crippen molar-refractivity contribution in [2.75, 3.05) is 48.3 Å². The van der Waals surface area contributed by atoms with Gasteiger partial charge < -0.3 is 65.7 Å².